The van der Waals surface area contributed by atoms with E-state index in [2.05, 4.69) is 5.32 Å². The number of carbonyl (C=O) groups excluding carboxylic acids is 1. The number of pyridine rings is 1. The number of amides is 1. The van der Waals surface area contributed by atoms with Crippen LogP contribution >= 0.6 is 0 Å². The molecule has 0 aliphatic rings. The van der Waals surface area contributed by atoms with Gasteiger partial charge >= 0.3 is 0 Å². The van der Waals surface area contributed by atoms with Crippen molar-refractivity contribution < 1.29 is 14.6 Å². The monoisotopic (exact) mass is 379 g/mol. The number of anilines is 1. The molecule has 28 heavy (non-hydrogen) atoms. The molecule has 1 aromatic heterocycles. The minimum absolute atomic E-state index is 0.155. The van der Waals surface area contributed by atoms with E-state index in [1.807, 2.05) is 56.3 Å². The lowest BCUT2D eigenvalue weighted by Crippen LogP contribution is -2.10. The van der Waals surface area contributed by atoms with Crippen LogP contribution in [0.2, 0.25) is 0 Å². The Labute approximate surface area is 164 Å². The first-order valence-electron chi connectivity index (χ1n) is 9.02. The van der Waals surface area contributed by atoms with Crippen LogP contribution in [0, 0.1) is 6.92 Å². The van der Waals surface area contributed by atoms with Crippen LogP contribution in [-0.4, -0.2) is 42.1 Å². The number of methoxy groups -OCH3 is 1. The molecule has 0 spiro atoms. The summed E-state index contributed by atoms with van der Waals surface area (Å²) >= 11 is 0. The van der Waals surface area contributed by atoms with Gasteiger partial charge in [-0.1, -0.05) is 0 Å². The molecule has 0 radical (unpaired) electrons. The maximum atomic E-state index is 11.5. The summed E-state index contributed by atoms with van der Waals surface area (Å²) in [5.74, 6) is 0.680. The number of fused-ring (bicyclic) bond motifs is 1. The first-order chi connectivity index (χ1) is 13.3. The Morgan fingerprint density at radius 2 is 1.96 bits per heavy atom. The summed E-state index contributed by atoms with van der Waals surface area (Å²) in [5, 5.41) is 13.9. The predicted molar refractivity (Wildman–Crippen MR) is 112 cm³/mol. The van der Waals surface area contributed by atoms with Crippen LogP contribution in [-0.2, 0) is 11.3 Å². The Hall–Kier alpha value is -3.12. The minimum atomic E-state index is -0.155. The van der Waals surface area contributed by atoms with Crippen LogP contribution in [0.3, 0.4) is 0 Å². The Balaban J connectivity index is 2.12. The quantitative estimate of drug-likeness (QED) is 0.702. The number of ether oxygens (including phenoxy) is 1. The van der Waals surface area contributed by atoms with Crippen LogP contribution in [0.5, 0.6) is 11.5 Å². The number of rotatable bonds is 5. The molecule has 0 bridgehead atoms. The molecule has 0 fully saturated rings. The number of carbonyl (C=O) groups is 1. The average molecular weight is 379 g/mol. The summed E-state index contributed by atoms with van der Waals surface area (Å²) in [6.45, 7) is 4.12. The number of benzene rings is 2. The fraction of sp³-hybridized carbons (Fsp3) is 0.273. The van der Waals surface area contributed by atoms with Gasteiger partial charge in [-0.3, -0.25) is 4.79 Å². The van der Waals surface area contributed by atoms with Crippen LogP contribution in [0.1, 0.15) is 18.1 Å². The molecule has 1 heterocycles. The van der Waals surface area contributed by atoms with E-state index < -0.39 is 0 Å². The Kier molecular flexibility index (Phi) is 5.51. The molecular formula is C22H25N3O3. The highest BCUT2D eigenvalue weighted by Gasteiger charge is 2.13. The number of nitrogens with zero attached hydrogens (tertiary/aromatic N) is 2. The van der Waals surface area contributed by atoms with E-state index in [1.165, 1.54) is 6.92 Å². The number of hydrogen-bond donors (Lipinski definition) is 2. The normalized spacial score (nSPS) is 11.1. The second-order valence-electron chi connectivity index (χ2n) is 7.16. The van der Waals surface area contributed by atoms with Gasteiger partial charge in [0.1, 0.15) is 11.5 Å². The summed E-state index contributed by atoms with van der Waals surface area (Å²) < 4.78 is 5.43. The maximum Gasteiger partial charge on any atom is 0.221 e. The van der Waals surface area contributed by atoms with Crippen molar-refractivity contribution in [2.75, 3.05) is 26.5 Å². The molecule has 2 N–H and O–H groups in total. The molecule has 0 aliphatic carbocycles. The first kappa shape index (κ1) is 19.6. The van der Waals surface area contributed by atoms with Gasteiger partial charge in [0.2, 0.25) is 5.91 Å². The lowest BCUT2D eigenvalue weighted by atomic mass is 10.0. The van der Waals surface area contributed by atoms with Gasteiger partial charge in [-0.2, -0.15) is 0 Å². The Bertz CT molecular complexity index is 1040. The zero-order valence-corrected chi connectivity index (χ0v) is 16.8. The van der Waals surface area contributed by atoms with Crippen molar-refractivity contribution in [1.29, 1.82) is 0 Å². The molecule has 0 unspecified atom stereocenters. The number of aryl methyl sites for hydroxylation is 1. The van der Waals surface area contributed by atoms with Crippen molar-refractivity contribution in [3.8, 4) is 22.8 Å². The van der Waals surface area contributed by atoms with Crippen molar-refractivity contribution in [2.24, 2.45) is 0 Å². The maximum absolute atomic E-state index is 11.5. The largest absolute Gasteiger partial charge is 0.508 e. The van der Waals surface area contributed by atoms with Gasteiger partial charge in [-0.05, 0) is 56.9 Å². The minimum Gasteiger partial charge on any atom is -0.508 e. The van der Waals surface area contributed by atoms with Gasteiger partial charge in [0.25, 0.3) is 0 Å². The number of hydrogen-bond acceptors (Lipinski definition) is 5. The third-order valence-electron chi connectivity index (χ3n) is 4.51. The van der Waals surface area contributed by atoms with E-state index in [4.69, 9.17) is 9.72 Å². The Morgan fingerprint density at radius 3 is 2.61 bits per heavy atom. The molecule has 0 saturated carbocycles. The van der Waals surface area contributed by atoms with E-state index in [9.17, 15) is 9.90 Å². The lowest BCUT2D eigenvalue weighted by Gasteiger charge is -2.15. The molecule has 3 aromatic rings. The van der Waals surface area contributed by atoms with Crippen LogP contribution < -0.4 is 10.1 Å². The molecule has 2 aromatic carbocycles. The van der Waals surface area contributed by atoms with E-state index >= 15 is 0 Å². The van der Waals surface area contributed by atoms with E-state index in [1.54, 1.807) is 13.2 Å². The van der Waals surface area contributed by atoms with Gasteiger partial charge in [-0.25, -0.2) is 4.98 Å². The topological polar surface area (TPSA) is 74.7 Å². The summed E-state index contributed by atoms with van der Waals surface area (Å²) in [6.07, 6.45) is 0. The average Bonchev–Trinajstić information content (AvgIpc) is 2.62. The third-order valence-corrected chi connectivity index (χ3v) is 4.51. The number of phenols is 1. The molecule has 146 valence electrons. The third kappa shape index (κ3) is 4.07. The van der Waals surface area contributed by atoms with Gasteiger partial charge < -0.3 is 20.1 Å². The predicted octanol–water partition coefficient (Wildman–Crippen LogP) is 3.94. The van der Waals surface area contributed by atoms with Gasteiger partial charge in [0.05, 0.1) is 24.0 Å². The van der Waals surface area contributed by atoms with Gasteiger partial charge in [0.15, 0.2) is 0 Å². The second kappa shape index (κ2) is 7.86. The van der Waals surface area contributed by atoms with Gasteiger partial charge in [-0.15, -0.1) is 0 Å². The van der Waals surface area contributed by atoms with Crippen LogP contribution in [0.4, 0.5) is 5.69 Å². The van der Waals surface area contributed by atoms with Crippen molar-refractivity contribution >= 4 is 22.5 Å². The molecule has 0 atom stereocenters. The molecule has 6 nitrogen and oxygen atoms in total. The Morgan fingerprint density at radius 1 is 1.21 bits per heavy atom. The molecule has 6 heteroatoms. The summed E-state index contributed by atoms with van der Waals surface area (Å²) in [5.41, 5.74) is 5.04. The number of aromatic hydroxyl groups is 1. The van der Waals surface area contributed by atoms with Crippen LogP contribution in [0.25, 0.3) is 22.2 Å². The highest BCUT2D eigenvalue weighted by molar-refractivity contribution is 5.96. The zero-order valence-electron chi connectivity index (χ0n) is 16.8. The van der Waals surface area contributed by atoms with E-state index in [0.717, 1.165) is 33.3 Å². The standard InChI is InChI=1S/C22H25N3O3/c1-13-8-18(15-6-7-21(27)16(9-15)12-25(3)4)24-19-11-22(28-5)20(10-17(13)19)23-14(2)26/h6-11,27H,12H2,1-5H3,(H,23,26). The van der Waals surface area contributed by atoms with Crippen molar-refractivity contribution in [1.82, 2.24) is 9.88 Å². The zero-order chi connectivity index (χ0) is 20.4. The fourth-order valence-corrected chi connectivity index (χ4v) is 3.24. The summed E-state index contributed by atoms with van der Waals surface area (Å²) in [7, 11) is 5.49. The smallest absolute Gasteiger partial charge is 0.221 e. The van der Waals surface area contributed by atoms with E-state index in [0.29, 0.717) is 18.0 Å². The van der Waals surface area contributed by atoms with Gasteiger partial charge in [0, 0.05) is 36.0 Å². The number of aromatic nitrogens is 1. The first-order valence-corrected chi connectivity index (χ1v) is 9.02. The molecule has 0 saturated heterocycles. The lowest BCUT2D eigenvalue weighted by molar-refractivity contribution is -0.114. The van der Waals surface area contributed by atoms with Crippen molar-refractivity contribution in [3.05, 3.63) is 47.5 Å². The second-order valence-corrected chi connectivity index (χ2v) is 7.16. The summed E-state index contributed by atoms with van der Waals surface area (Å²) in [6, 6.07) is 11.3. The molecule has 3 rings (SSSR count). The highest BCUT2D eigenvalue weighted by atomic mass is 16.5. The van der Waals surface area contributed by atoms with Crippen molar-refractivity contribution in [2.45, 2.75) is 20.4 Å². The number of nitrogens with one attached hydrogen (secondary N) is 1. The van der Waals surface area contributed by atoms with Crippen molar-refractivity contribution in [3.63, 3.8) is 0 Å². The van der Waals surface area contributed by atoms with Crippen LogP contribution in [0.15, 0.2) is 36.4 Å². The molecular weight excluding hydrogens is 354 g/mol. The highest BCUT2D eigenvalue weighted by Crippen LogP contribution is 2.34. The number of phenolic OH excluding ortho intramolecular Hbond substituents is 1. The fourth-order valence-electron chi connectivity index (χ4n) is 3.24. The molecule has 1 amide bonds. The summed E-state index contributed by atoms with van der Waals surface area (Å²) in [4.78, 5) is 18.3. The van der Waals surface area contributed by atoms with E-state index in [-0.39, 0.29) is 11.7 Å². The molecule has 0 aliphatic heterocycles. The SMILES string of the molecule is COc1cc2nc(-c3ccc(O)c(CN(C)C)c3)cc(C)c2cc1NC(C)=O.